The third-order valence-electron chi connectivity index (χ3n) is 4.91. The fraction of sp³-hybridized carbons (Fsp3) is 0.714. The van der Waals surface area contributed by atoms with Crippen LogP contribution >= 0.6 is 0 Å². The number of hydrogen-bond donors (Lipinski definition) is 8. The lowest BCUT2D eigenvalue weighted by Crippen LogP contribution is -2.57. The second-order valence-corrected chi connectivity index (χ2v) is 8.57. The number of carbonyl (C=O) groups is 6. The van der Waals surface area contributed by atoms with E-state index in [4.69, 9.17) is 21.7 Å². The minimum Gasteiger partial charge on any atom is -0.481 e. The normalized spacial score (nSPS) is 14.3. The zero-order chi connectivity index (χ0) is 27.1. The van der Waals surface area contributed by atoms with Gasteiger partial charge in [0, 0.05) is 6.42 Å². The molecule has 0 bridgehead atoms. The molecule has 0 saturated carbocycles. The summed E-state index contributed by atoms with van der Waals surface area (Å²) in [6.45, 7) is 3.87. The van der Waals surface area contributed by atoms with Crippen LogP contribution in [0.3, 0.4) is 0 Å². The van der Waals surface area contributed by atoms with E-state index in [1.165, 1.54) is 0 Å². The Kier molecular flexibility index (Phi) is 14.9. The molecule has 10 N–H and O–H groups in total. The number of nitrogens with two attached hydrogens (primary N) is 2. The van der Waals surface area contributed by atoms with Crippen LogP contribution in [0.5, 0.6) is 0 Å². The number of rotatable bonds is 18. The largest absolute Gasteiger partial charge is 0.481 e. The molecule has 0 spiro atoms. The maximum atomic E-state index is 12.9. The molecular weight excluding hydrogens is 466 g/mol. The average Bonchev–Trinajstić information content (AvgIpc) is 2.74. The van der Waals surface area contributed by atoms with Crippen LogP contribution in [0.1, 0.15) is 58.8 Å². The Bertz CT molecular complexity index is 759. The van der Waals surface area contributed by atoms with Crippen LogP contribution in [-0.2, 0) is 28.8 Å². The Hall–Kier alpha value is -3.26. The molecule has 0 aromatic heterocycles. The van der Waals surface area contributed by atoms with Crippen LogP contribution in [0.4, 0.5) is 0 Å². The smallest absolute Gasteiger partial charge is 0.326 e. The van der Waals surface area contributed by atoms with Gasteiger partial charge in [0.05, 0.1) is 12.5 Å². The molecular formula is C21H37N5O9. The van der Waals surface area contributed by atoms with Crippen LogP contribution < -0.4 is 27.4 Å². The molecule has 0 aliphatic carbocycles. The van der Waals surface area contributed by atoms with Crippen molar-refractivity contribution in [1.29, 1.82) is 0 Å². The van der Waals surface area contributed by atoms with Crippen LogP contribution in [0, 0.1) is 5.92 Å². The Morgan fingerprint density at radius 2 is 1.29 bits per heavy atom. The van der Waals surface area contributed by atoms with Crippen LogP contribution in [0.25, 0.3) is 0 Å². The van der Waals surface area contributed by atoms with Gasteiger partial charge < -0.3 is 42.7 Å². The zero-order valence-corrected chi connectivity index (χ0v) is 20.0. The van der Waals surface area contributed by atoms with Crippen molar-refractivity contribution in [3.8, 4) is 0 Å². The Balaban J connectivity index is 5.54. The molecule has 35 heavy (non-hydrogen) atoms. The lowest BCUT2D eigenvalue weighted by Gasteiger charge is -2.25. The average molecular weight is 504 g/mol. The topological polar surface area (TPSA) is 251 Å². The summed E-state index contributed by atoms with van der Waals surface area (Å²) < 4.78 is 0. The SMILES string of the molecule is CC(C)CC(NC(=O)C(N)CC(=O)O)C(=O)NC(CCC(=O)O)C(=O)NC(CCCCN)C(=O)O. The van der Waals surface area contributed by atoms with Crippen molar-refractivity contribution >= 4 is 35.6 Å². The van der Waals surface area contributed by atoms with E-state index in [0.717, 1.165) is 0 Å². The number of unbranched alkanes of at least 4 members (excludes halogenated alkanes) is 1. The highest BCUT2D eigenvalue weighted by atomic mass is 16.4. The molecule has 0 aromatic carbocycles. The molecule has 0 radical (unpaired) electrons. The quantitative estimate of drug-likeness (QED) is 0.0985. The van der Waals surface area contributed by atoms with Gasteiger partial charge in [-0.1, -0.05) is 13.8 Å². The number of carboxylic acid groups (broad SMARTS) is 3. The summed E-state index contributed by atoms with van der Waals surface area (Å²) >= 11 is 0. The highest BCUT2D eigenvalue weighted by Crippen LogP contribution is 2.09. The molecule has 0 aliphatic rings. The zero-order valence-electron chi connectivity index (χ0n) is 20.0. The predicted octanol–water partition coefficient (Wildman–Crippen LogP) is -1.63. The molecule has 200 valence electrons. The molecule has 4 atom stereocenters. The molecule has 14 heteroatoms. The van der Waals surface area contributed by atoms with E-state index in [1.807, 2.05) is 0 Å². The summed E-state index contributed by atoms with van der Waals surface area (Å²) in [6.07, 6.45) is -0.311. The van der Waals surface area contributed by atoms with Crippen molar-refractivity contribution < 1.29 is 44.1 Å². The Morgan fingerprint density at radius 3 is 1.77 bits per heavy atom. The molecule has 0 rings (SSSR count). The van der Waals surface area contributed by atoms with Gasteiger partial charge in [-0.25, -0.2) is 4.79 Å². The van der Waals surface area contributed by atoms with Crippen molar-refractivity contribution in [3.05, 3.63) is 0 Å². The summed E-state index contributed by atoms with van der Waals surface area (Å²) in [7, 11) is 0. The fourth-order valence-corrected chi connectivity index (χ4v) is 3.09. The number of carbonyl (C=O) groups excluding carboxylic acids is 3. The van der Waals surface area contributed by atoms with Gasteiger partial charge >= 0.3 is 17.9 Å². The first-order valence-electron chi connectivity index (χ1n) is 11.3. The first-order valence-corrected chi connectivity index (χ1v) is 11.3. The summed E-state index contributed by atoms with van der Waals surface area (Å²) in [5, 5.41) is 34.2. The van der Waals surface area contributed by atoms with E-state index in [2.05, 4.69) is 16.0 Å². The van der Waals surface area contributed by atoms with Gasteiger partial charge in [-0.15, -0.1) is 0 Å². The van der Waals surface area contributed by atoms with Crippen molar-refractivity contribution in [2.45, 2.75) is 83.0 Å². The summed E-state index contributed by atoms with van der Waals surface area (Å²) in [6, 6.07) is -5.26. The number of amides is 3. The van der Waals surface area contributed by atoms with Gasteiger partial charge in [0.1, 0.15) is 18.1 Å². The second-order valence-electron chi connectivity index (χ2n) is 8.57. The molecule has 3 amide bonds. The third-order valence-corrected chi connectivity index (χ3v) is 4.91. The number of hydrogen-bond acceptors (Lipinski definition) is 8. The molecule has 14 nitrogen and oxygen atoms in total. The van der Waals surface area contributed by atoms with Gasteiger partial charge in [-0.05, 0) is 44.6 Å². The standard InChI is InChI=1S/C21H37N5O9/c1-11(2)9-15(26-18(31)12(23)10-17(29)30)20(33)24-13(6-7-16(27)28)19(32)25-14(21(34)35)5-3-4-8-22/h11-15H,3-10,22-23H2,1-2H3,(H,24,33)(H,25,32)(H,26,31)(H,27,28)(H,29,30)(H,34,35). The van der Waals surface area contributed by atoms with E-state index < -0.39 is 72.6 Å². The van der Waals surface area contributed by atoms with E-state index in [-0.39, 0.29) is 25.2 Å². The highest BCUT2D eigenvalue weighted by Gasteiger charge is 2.31. The molecule has 0 saturated heterocycles. The maximum Gasteiger partial charge on any atom is 0.326 e. The number of carboxylic acids is 3. The molecule has 0 fully saturated rings. The lowest BCUT2D eigenvalue weighted by atomic mass is 10.0. The van der Waals surface area contributed by atoms with Crippen molar-refractivity contribution in [3.63, 3.8) is 0 Å². The van der Waals surface area contributed by atoms with Crippen LogP contribution in [-0.4, -0.2) is 81.7 Å². The van der Waals surface area contributed by atoms with E-state index >= 15 is 0 Å². The minimum absolute atomic E-state index is 0.0887. The van der Waals surface area contributed by atoms with Crippen LogP contribution in [0.2, 0.25) is 0 Å². The highest BCUT2D eigenvalue weighted by molar-refractivity contribution is 5.94. The number of nitrogens with one attached hydrogen (secondary N) is 3. The van der Waals surface area contributed by atoms with Crippen molar-refractivity contribution in [2.24, 2.45) is 17.4 Å². The maximum absolute atomic E-state index is 12.9. The van der Waals surface area contributed by atoms with E-state index in [1.54, 1.807) is 13.8 Å². The minimum atomic E-state index is -1.41. The van der Waals surface area contributed by atoms with Crippen LogP contribution in [0.15, 0.2) is 0 Å². The second kappa shape index (κ2) is 16.4. The van der Waals surface area contributed by atoms with Gasteiger partial charge in [0.2, 0.25) is 17.7 Å². The summed E-state index contributed by atoms with van der Waals surface area (Å²) in [5.74, 6) is -6.54. The van der Waals surface area contributed by atoms with Crippen molar-refractivity contribution in [1.82, 2.24) is 16.0 Å². The lowest BCUT2D eigenvalue weighted by molar-refractivity contribution is -0.143. The molecule has 4 unspecified atom stereocenters. The van der Waals surface area contributed by atoms with Gasteiger partial charge in [0.25, 0.3) is 0 Å². The number of aliphatic carboxylic acids is 3. The Morgan fingerprint density at radius 1 is 0.743 bits per heavy atom. The fourth-order valence-electron chi connectivity index (χ4n) is 3.09. The predicted molar refractivity (Wildman–Crippen MR) is 123 cm³/mol. The molecule has 0 aliphatic heterocycles. The first-order chi connectivity index (χ1) is 16.3. The summed E-state index contributed by atoms with van der Waals surface area (Å²) in [4.78, 5) is 71.2. The van der Waals surface area contributed by atoms with E-state index in [0.29, 0.717) is 19.4 Å². The van der Waals surface area contributed by atoms with Crippen molar-refractivity contribution in [2.75, 3.05) is 6.54 Å². The molecule has 0 aromatic rings. The third kappa shape index (κ3) is 13.9. The van der Waals surface area contributed by atoms with Gasteiger partial charge in [-0.2, -0.15) is 0 Å². The van der Waals surface area contributed by atoms with Gasteiger partial charge in [0.15, 0.2) is 0 Å². The summed E-state index contributed by atoms with van der Waals surface area (Å²) in [5.41, 5.74) is 10.9. The van der Waals surface area contributed by atoms with E-state index in [9.17, 15) is 33.9 Å². The molecule has 0 heterocycles. The monoisotopic (exact) mass is 503 g/mol. The van der Waals surface area contributed by atoms with Gasteiger partial charge in [-0.3, -0.25) is 24.0 Å². The Labute approximate surface area is 203 Å². The first kappa shape index (κ1) is 31.7.